The van der Waals surface area contributed by atoms with Crippen LogP contribution in [0.15, 0.2) is 48.5 Å². The highest BCUT2D eigenvalue weighted by atomic mass is 35.5. The van der Waals surface area contributed by atoms with Crippen molar-refractivity contribution in [3.8, 4) is 6.07 Å². The van der Waals surface area contributed by atoms with Crippen molar-refractivity contribution >= 4 is 39.1 Å². The van der Waals surface area contributed by atoms with Crippen LogP contribution in [0.2, 0.25) is 10.0 Å². The summed E-state index contributed by atoms with van der Waals surface area (Å²) in [6.07, 6.45) is 2.17. The molecule has 0 aliphatic carbocycles. The van der Waals surface area contributed by atoms with Gasteiger partial charge in [0, 0.05) is 35.1 Å². The number of hydrogen-bond acceptors (Lipinski definition) is 5. The average molecular weight is 566 g/mol. The van der Waals surface area contributed by atoms with Gasteiger partial charge in [-0.05, 0) is 53.6 Å². The van der Waals surface area contributed by atoms with E-state index in [1.165, 1.54) is 0 Å². The van der Waals surface area contributed by atoms with Crippen molar-refractivity contribution in [2.75, 3.05) is 19.3 Å². The Morgan fingerprint density at radius 1 is 1.11 bits per heavy atom. The molecular weight excluding hydrogens is 531 g/mol. The van der Waals surface area contributed by atoms with Crippen molar-refractivity contribution in [3.05, 3.63) is 69.7 Å². The second-order valence-electron chi connectivity index (χ2n) is 10.8. The number of amides is 1. The minimum atomic E-state index is -3.30. The molecule has 3 rings (SSSR count). The smallest absolute Gasteiger partial charge is 0.237 e. The van der Waals surface area contributed by atoms with E-state index < -0.39 is 27.4 Å². The molecular formula is C27H34Cl2N4O3S. The van der Waals surface area contributed by atoms with Gasteiger partial charge < -0.3 is 10.6 Å². The molecule has 1 fully saturated rings. The molecule has 4 unspecified atom stereocenters. The Kier molecular flexibility index (Phi) is 9.31. The van der Waals surface area contributed by atoms with Crippen molar-refractivity contribution in [1.29, 1.82) is 5.26 Å². The molecule has 200 valence electrons. The van der Waals surface area contributed by atoms with Crippen LogP contribution in [0.25, 0.3) is 0 Å². The first-order chi connectivity index (χ1) is 17.3. The standard InChI is InChI=1S/C27H34Cl2N4O3S/c1-26(2,3)16-22-27(17-30,19-9-11-20(28)12-10-19)23(18-7-5-8-21(29)15-18)24(33-22)25(34)31-13-6-14-32-37(4,35)36/h5,7-12,15,22-24,32-33H,6,13-14,16H2,1-4H3,(H,31,34). The molecule has 0 spiro atoms. The Balaban J connectivity index is 2.05. The van der Waals surface area contributed by atoms with E-state index in [0.717, 1.165) is 17.4 Å². The number of nitriles is 1. The maximum atomic E-state index is 13.6. The van der Waals surface area contributed by atoms with Gasteiger partial charge in [0.15, 0.2) is 0 Å². The minimum absolute atomic E-state index is 0.131. The molecule has 1 aliphatic heterocycles. The van der Waals surface area contributed by atoms with Gasteiger partial charge in [0.05, 0.1) is 18.4 Å². The highest BCUT2D eigenvalue weighted by Crippen LogP contribution is 2.51. The minimum Gasteiger partial charge on any atom is -0.355 e. The maximum absolute atomic E-state index is 13.6. The van der Waals surface area contributed by atoms with Crippen LogP contribution in [0.5, 0.6) is 0 Å². The van der Waals surface area contributed by atoms with Gasteiger partial charge in [0.25, 0.3) is 0 Å². The Morgan fingerprint density at radius 2 is 1.78 bits per heavy atom. The van der Waals surface area contributed by atoms with E-state index in [9.17, 15) is 18.5 Å². The average Bonchev–Trinajstić information content (AvgIpc) is 3.11. The number of halogens is 2. The fraction of sp³-hybridized carbons (Fsp3) is 0.481. The summed E-state index contributed by atoms with van der Waals surface area (Å²) in [5, 5.41) is 18.4. The number of rotatable bonds is 9. The summed E-state index contributed by atoms with van der Waals surface area (Å²) in [5.74, 6) is -0.798. The fourth-order valence-corrected chi connectivity index (χ4v) is 5.96. The van der Waals surface area contributed by atoms with Gasteiger partial charge in [-0.25, -0.2) is 13.1 Å². The molecule has 0 bridgehead atoms. The zero-order valence-electron chi connectivity index (χ0n) is 21.5. The van der Waals surface area contributed by atoms with Crippen molar-refractivity contribution in [3.63, 3.8) is 0 Å². The summed E-state index contributed by atoms with van der Waals surface area (Å²) >= 11 is 12.6. The molecule has 0 aromatic heterocycles. The van der Waals surface area contributed by atoms with Crippen LogP contribution in [0.3, 0.4) is 0 Å². The van der Waals surface area contributed by atoms with Crippen molar-refractivity contribution < 1.29 is 13.2 Å². The monoisotopic (exact) mass is 564 g/mol. The van der Waals surface area contributed by atoms with E-state index in [2.05, 4.69) is 42.2 Å². The van der Waals surface area contributed by atoms with E-state index in [1.54, 1.807) is 18.2 Å². The number of carbonyl (C=O) groups is 1. The molecule has 7 nitrogen and oxygen atoms in total. The third-order valence-electron chi connectivity index (χ3n) is 6.58. The largest absolute Gasteiger partial charge is 0.355 e. The van der Waals surface area contributed by atoms with E-state index in [-0.39, 0.29) is 30.5 Å². The van der Waals surface area contributed by atoms with Gasteiger partial charge >= 0.3 is 0 Å². The number of hydrogen-bond donors (Lipinski definition) is 3. The molecule has 10 heteroatoms. The van der Waals surface area contributed by atoms with Crippen molar-refractivity contribution in [2.24, 2.45) is 5.41 Å². The summed E-state index contributed by atoms with van der Waals surface area (Å²) in [4.78, 5) is 13.6. The van der Waals surface area contributed by atoms with Gasteiger partial charge in [0.2, 0.25) is 15.9 Å². The van der Waals surface area contributed by atoms with E-state index in [0.29, 0.717) is 22.9 Å². The second kappa shape index (κ2) is 11.7. The SMILES string of the molecule is CC(C)(C)CC1NC(C(=O)NCCCNS(C)(=O)=O)C(c2cccc(Cl)c2)C1(C#N)c1ccc(Cl)cc1. The van der Waals surface area contributed by atoms with Crippen LogP contribution in [0.1, 0.15) is 50.7 Å². The molecule has 1 aliphatic rings. The Hall–Kier alpha value is -2.15. The Bertz CT molecular complexity index is 1260. The summed E-state index contributed by atoms with van der Waals surface area (Å²) in [6.45, 7) is 6.82. The first-order valence-corrected chi connectivity index (χ1v) is 14.8. The lowest BCUT2D eigenvalue weighted by atomic mass is 9.63. The van der Waals surface area contributed by atoms with Crippen LogP contribution in [0, 0.1) is 16.7 Å². The first kappa shape index (κ1) is 29.4. The first-order valence-electron chi connectivity index (χ1n) is 12.2. The number of sulfonamides is 1. The van der Waals surface area contributed by atoms with Crippen LogP contribution < -0.4 is 15.4 Å². The zero-order valence-corrected chi connectivity index (χ0v) is 23.8. The van der Waals surface area contributed by atoms with Crippen LogP contribution in [0.4, 0.5) is 0 Å². The highest BCUT2D eigenvalue weighted by molar-refractivity contribution is 7.88. The molecule has 0 radical (unpaired) electrons. The molecule has 3 N–H and O–H groups in total. The van der Waals surface area contributed by atoms with Crippen LogP contribution in [-0.2, 0) is 20.2 Å². The number of nitrogens with one attached hydrogen (secondary N) is 3. The molecule has 2 aromatic rings. The molecule has 0 saturated carbocycles. The lowest BCUT2D eigenvalue weighted by Gasteiger charge is -2.37. The molecule has 4 atom stereocenters. The summed E-state index contributed by atoms with van der Waals surface area (Å²) < 4.78 is 25.1. The second-order valence-corrected chi connectivity index (χ2v) is 13.5. The number of benzene rings is 2. The third kappa shape index (κ3) is 7.24. The summed E-state index contributed by atoms with van der Waals surface area (Å²) in [5.41, 5.74) is 0.349. The van der Waals surface area contributed by atoms with E-state index in [1.807, 2.05) is 30.3 Å². The number of carbonyl (C=O) groups excluding carboxylic acids is 1. The molecule has 1 amide bonds. The van der Waals surface area contributed by atoms with Crippen molar-refractivity contribution in [1.82, 2.24) is 15.4 Å². The predicted molar refractivity (Wildman–Crippen MR) is 148 cm³/mol. The third-order valence-corrected chi connectivity index (χ3v) is 7.80. The fourth-order valence-electron chi connectivity index (χ4n) is 5.12. The predicted octanol–water partition coefficient (Wildman–Crippen LogP) is 4.37. The Labute approximate surface area is 230 Å². The van der Waals surface area contributed by atoms with Crippen LogP contribution in [-0.4, -0.2) is 45.8 Å². The molecule has 37 heavy (non-hydrogen) atoms. The van der Waals surface area contributed by atoms with Gasteiger partial charge in [0.1, 0.15) is 5.41 Å². The molecule has 1 heterocycles. The summed E-state index contributed by atoms with van der Waals surface area (Å²) in [6, 6.07) is 16.1. The van der Waals surface area contributed by atoms with Gasteiger partial charge in [-0.15, -0.1) is 0 Å². The normalized spacial score (nSPS) is 24.0. The highest BCUT2D eigenvalue weighted by Gasteiger charge is 2.59. The quantitative estimate of drug-likeness (QED) is 0.391. The van der Waals surface area contributed by atoms with Gasteiger partial charge in [-0.3, -0.25) is 4.79 Å². The van der Waals surface area contributed by atoms with Gasteiger partial charge in [-0.1, -0.05) is 68.2 Å². The topological polar surface area (TPSA) is 111 Å². The Morgan fingerprint density at radius 3 is 2.35 bits per heavy atom. The summed E-state index contributed by atoms with van der Waals surface area (Å²) in [7, 11) is -3.30. The maximum Gasteiger partial charge on any atom is 0.237 e. The van der Waals surface area contributed by atoms with Gasteiger partial charge in [-0.2, -0.15) is 5.26 Å². The molecule has 1 saturated heterocycles. The van der Waals surface area contributed by atoms with E-state index >= 15 is 0 Å². The lowest BCUT2D eigenvalue weighted by molar-refractivity contribution is -0.123. The van der Waals surface area contributed by atoms with E-state index in [4.69, 9.17) is 23.2 Å². The molecule has 2 aromatic carbocycles. The lowest BCUT2D eigenvalue weighted by Crippen LogP contribution is -2.46. The zero-order chi connectivity index (χ0) is 27.4. The van der Waals surface area contributed by atoms with Crippen LogP contribution >= 0.6 is 23.2 Å². The van der Waals surface area contributed by atoms with Crippen molar-refractivity contribution in [2.45, 2.75) is 57.0 Å². The number of nitrogens with zero attached hydrogens (tertiary/aromatic N) is 1.